The van der Waals surface area contributed by atoms with Crippen LogP contribution in [0.15, 0.2) is 35.5 Å². The lowest BCUT2D eigenvalue weighted by Gasteiger charge is -2.61. The van der Waals surface area contributed by atoms with E-state index in [0.29, 0.717) is 18.8 Å². The van der Waals surface area contributed by atoms with Crippen molar-refractivity contribution in [3.8, 4) is 0 Å². The Bertz CT molecular complexity index is 941. The summed E-state index contributed by atoms with van der Waals surface area (Å²) in [4.78, 5) is 12.5. The number of aliphatic hydroxyl groups excluding tert-OH is 2. The van der Waals surface area contributed by atoms with Crippen LogP contribution in [0.25, 0.3) is 0 Å². The third kappa shape index (κ3) is 3.34. The molecule has 190 valence electrons. The zero-order valence-electron chi connectivity index (χ0n) is 22.3. The monoisotopic (exact) mass is 470 g/mol. The lowest BCUT2D eigenvalue weighted by Crippen LogP contribution is -2.54. The zero-order valence-corrected chi connectivity index (χ0v) is 22.3. The molecule has 4 rings (SSSR count). The standard InChI is InChI=1S/C30H46O4/c1-17(2)18(3)15-19(26(33)34)25-22(31)16-30(8)21-9-10-23-27(4,5)24(32)12-13-28(23,6)20(21)11-14-29(25,30)7/h9,11,17,19,22-25,31-32H,3,10,12-16H2,1-2,4-8H3,(H,33,34)/t19-,22-,23+,24+,25+,28-,29-,30+/m1/s1. The van der Waals surface area contributed by atoms with Gasteiger partial charge in [0.2, 0.25) is 0 Å². The fourth-order valence-electron chi connectivity index (χ4n) is 8.70. The van der Waals surface area contributed by atoms with Gasteiger partial charge in [-0.1, -0.05) is 72.8 Å². The SMILES string of the molecule is C=C(C[C@@H](C(=O)O)[C@H]1[C@H](O)C[C@@]2(C)C3=CC[C@H]4C(C)(C)[C@@H](O)CC[C@]4(C)C3=CC[C@]12C)C(C)C. The highest BCUT2D eigenvalue weighted by atomic mass is 16.4. The third-order valence-corrected chi connectivity index (χ3v) is 11.3. The van der Waals surface area contributed by atoms with E-state index in [-0.39, 0.29) is 39.6 Å². The van der Waals surface area contributed by atoms with Crippen LogP contribution in [0.1, 0.15) is 87.0 Å². The highest BCUT2D eigenvalue weighted by Crippen LogP contribution is 2.71. The summed E-state index contributed by atoms with van der Waals surface area (Å²) in [6.45, 7) is 19.6. The van der Waals surface area contributed by atoms with Crippen LogP contribution >= 0.6 is 0 Å². The van der Waals surface area contributed by atoms with Gasteiger partial charge >= 0.3 is 5.97 Å². The van der Waals surface area contributed by atoms with Crippen molar-refractivity contribution in [3.05, 3.63) is 35.5 Å². The fourth-order valence-corrected chi connectivity index (χ4v) is 8.70. The molecule has 8 atom stereocenters. The smallest absolute Gasteiger partial charge is 0.307 e. The van der Waals surface area contributed by atoms with E-state index in [2.05, 4.69) is 67.2 Å². The highest BCUT2D eigenvalue weighted by Gasteiger charge is 2.66. The number of carboxylic acid groups (broad SMARTS) is 1. The quantitative estimate of drug-likeness (QED) is 0.421. The van der Waals surface area contributed by atoms with Crippen molar-refractivity contribution in [2.75, 3.05) is 0 Å². The molecule has 0 aromatic carbocycles. The number of hydrogen-bond acceptors (Lipinski definition) is 3. The van der Waals surface area contributed by atoms with Crippen molar-refractivity contribution in [2.24, 2.45) is 45.3 Å². The molecule has 4 nitrogen and oxygen atoms in total. The third-order valence-electron chi connectivity index (χ3n) is 11.3. The first-order valence-electron chi connectivity index (χ1n) is 13.3. The van der Waals surface area contributed by atoms with Gasteiger partial charge < -0.3 is 15.3 Å². The summed E-state index contributed by atoms with van der Waals surface area (Å²) < 4.78 is 0. The second-order valence-electron chi connectivity index (χ2n) is 13.5. The summed E-state index contributed by atoms with van der Waals surface area (Å²) in [5.41, 5.74) is 2.91. The molecule has 0 aromatic heterocycles. The predicted octanol–water partition coefficient (Wildman–Crippen LogP) is 6.15. The molecule has 0 aromatic rings. The number of hydrogen-bond donors (Lipinski definition) is 3. The number of aliphatic hydroxyl groups is 2. The maximum Gasteiger partial charge on any atom is 0.307 e. The molecule has 4 heteroatoms. The van der Waals surface area contributed by atoms with Crippen molar-refractivity contribution in [1.82, 2.24) is 0 Å². The molecule has 0 spiro atoms. The molecule has 0 amide bonds. The van der Waals surface area contributed by atoms with Gasteiger partial charge in [-0.05, 0) is 77.8 Å². The molecule has 0 unspecified atom stereocenters. The molecular formula is C30H46O4. The van der Waals surface area contributed by atoms with E-state index in [0.717, 1.165) is 31.3 Å². The molecule has 3 N–H and O–H groups in total. The van der Waals surface area contributed by atoms with Gasteiger partial charge in [0.1, 0.15) is 0 Å². The molecule has 0 heterocycles. The molecule has 4 aliphatic rings. The molecule has 2 saturated carbocycles. The van der Waals surface area contributed by atoms with Gasteiger partial charge in [0, 0.05) is 11.3 Å². The average Bonchev–Trinajstić information content (AvgIpc) is 2.94. The van der Waals surface area contributed by atoms with Gasteiger partial charge in [0.25, 0.3) is 0 Å². The minimum Gasteiger partial charge on any atom is -0.481 e. The van der Waals surface area contributed by atoms with E-state index in [1.165, 1.54) is 11.1 Å². The Labute approximate surface area is 206 Å². The summed E-state index contributed by atoms with van der Waals surface area (Å²) >= 11 is 0. The number of aliphatic carboxylic acids is 1. The maximum atomic E-state index is 12.5. The minimum absolute atomic E-state index is 0.00167. The number of allylic oxidation sites excluding steroid dienone is 5. The fraction of sp³-hybridized carbons (Fsp3) is 0.767. The summed E-state index contributed by atoms with van der Waals surface area (Å²) in [6, 6.07) is 0. The second kappa shape index (κ2) is 8.06. The largest absolute Gasteiger partial charge is 0.481 e. The zero-order chi connectivity index (χ0) is 25.4. The van der Waals surface area contributed by atoms with Crippen LogP contribution in [-0.4, -0.2) is 33.5 Å². The van der Waals surface area contributed by atoms with Gasteiger partial charge in [-0.15, -0.1) is 0 Å². The van der Waals surface area contributed by atoms with Gasteiger partial charge in [-0.3, -0.25) is 4.79 Å². The maximum absolute atomic E-state index is 12.5. The van der Waals surface area contributed by atoms with Crippen molar-refractivity contribution >= 4 is 5.97 Å². The van der Waals surface area contributed by atoms with E-state index < -0.39 is 18.0 Å². The lowest BCUT2D eigenvalue weighted by atomic mass is 9.44. The van der Waals surface area contributed by atoms with Crippen LogP contribution < -0.4 is 0 Å². The molecule has 0 saturated heterocycles. The summed E-state index contributed by atoms with van der Waals surface area (Å²) in [5, 5.41) is 32.5. The Kier molecular flexibility index (Phi) is 6.09. The van der Waals surface area contributed by atoms with E-state index in [9.17, 15) is 20.1 Å². The molecule has 2 fully saturated rings. The van der Waals surface area contributed by atoms with E-state index in [1.807, 2.05) is 0 Å². The summed E-state index contributed by atoms with van der Waals surface area (Å²) in [7, 11) is 0. The van der Waals surface area contributed by atoms with Crippen LogP contribution in [-0.2, 0) is 4.79 Å². The molecule has 0 radical (unpaired) electrons. The molecule has 34 heavy (non-hydrogen) atoms. The topological polar surface area (TPSA) is 77.8 Å². The number of fused-ring (bicyclic) bond motifs is 5. The lowest BCUT2D eigenvalue weighted by molar-refractivity contribution is -0.148. The first-order chi connectivity index (χ1) is 15.6. The van der Waals surface area contributed by atoms with Crippen molar-refractivity contribution in [1.29, 1.82) is 0 Å². The van der Waals surface area contributed by atoms with Crippen LogP contribution in [0.5, 0.6) is 0 Å². The Hall–Kier alpha value is -1.39. The number of carboxylic acids is 1. The van der Waals surface area contributed by atoms with Gasteiger partial charge in [-0.2, -0.15) is 0 Å². The Balaban J connectivity index is 1.77. The van der Waals surface area contributed by atoms with Crippen LogP contribution in [0.4, 0.5) is 0 Å². The summed E-state index contributed by atoms with van der Waals surface area (Å²) in [6.07, 6.45) is 8.33. The average molecular weight is 471 g/mol. The van der Waals surface area contributed by atoms with E-state index in [4.69, 9.17) is 0 Å². The molecule has 4 aliphatic carbocycles. The first kappa shape index (κ1) is 25.7. The Morgan fingerprint density at radius 3 is 2.35 bits per heavy atom. The molecule has 0 bridgehead atoms. The van der Waals surface area contributed by atoms with E-state index >= 15 is 0 Å². The normalized spacial score (nSPS) is 43.8. The number of rotatable bonds is 5. The minimum atomic E-state index is -0.821. The van der Waals surface area contributed by atoms with E-state index in [1.54, 1.807) is 0 Å². The van der Waals surface area contributed by atoms with Gasteiger partial charge in [-0.25, -0.2) is 0 Å². The van der Waals surface area contributed by atoms with Crippen LogP contribution in [0.2, 0.25) is 0 Å². The molecular weight excluding hydrogens is 424 g/mol. The Morgan fingerprint density at radius 2 is 1.76 bits per heavy atom. The van der Waals surface area contributed by atoms with Crippen molar-refractivity contribution in [2.45, 2.75) is 99.2 Å². The highest BCUT2D eigenvalue weighted by molar-refractivity contribution is 5.71. The second-order valence-corrected chi connectivity index (χ2v) is 13.5. The van der Waals surface area contributed by atoms with Crippen molar-refractivity contribution < 1.29 is 20.1 Å². The first-order valence-corrected chi connectivity index (χ1v) is 13.3. The van der Waals surface area contributed by atoms with Crippen LogP contribution in [0.3, 0.4) is 0 Å². The molecule has 0 aliphatic heterocycles. The van der Waals surface area contributed by atoms with Gasteiger partial charge in [0.05, 0.1) is 18.1 Å². The number of carbonyl (C=O) groups is 1. The van der Waals surface area contributed by atoms with Crippen molar-refractivity contribution in [3.63, 3.8) is 0 Å². The van der Waals surface area contributed by atoms with Gasteiger partial charge in [0.15, 0.2) is 0 Å². The summed E-state index contributed by atoms with van der Waals surface area (Å²) in [5.74, 6) is -1.18. The van der Waals surface area contributed by atoms with Crippen LogP contribution in [0, 0.1) is 45.3 Å². The Morgan fingerprint density at radius 1 is 1.12 bits per heavy atom. The predicted molar refractivity (Wildman–Crippen MR) is 136 cm³/mol.